The van der Waals surface area contributed by atoms with Gasteiger partial charge < -0.3 is 30.1 Å². The number of urea groups is 1. The number of benzene rings is 1. The predicted octanol–water partition coefficient (Wildman–Crippen LogP) is 4.73. The number of unbranched alkanes of at least 4 members (excludes halogenated alkanes) is 1. The Kier molecular flexibility index (Phi) is 10.6. The number of carbonyl (C=O) groups is 1. The van der Waals surface area contributed by atoms with Crippen molar-refractivity contribution in [3.63, 3.8) is 0 Å². The second kappa shape index (κ2) is 13.9. The Bertz CT molecular complexity index is 979. The molecule has 2 aliphatic rings. The van der Waals surface area contributed by atoms with E-state index < -0.39 is 5.60 Å². The summed E-state index contributed by atoms with van der Waals surface area (Å²) in [5.41, 5.74) is 0.0287. The van der Waals surface area contributed by atoms with Crippen molar-refractivity contribution in [2.45, 2.75) is 63.0 Å². The Labute approximate surface area is 225 Å². The molecule has 8 heteroatoms. The van der Waals surface area contributed by atoms with Gasteiger partial charge in [0.2, 0.25) is 0 Å². The third kappa shape index (κ3) is 7.24. The maximum Gasteiger partial charge on any atom is 0.317 e. The van der Waals surface area contributed by atoms with Gasteiger partial charge in [0.1, 0.15) is 0 Å². The number of methoxy groups -OCH3 is 1. The number of likely N-dealkylation sites (tertiary alicyclic amines) is 1. The molecule has 3 heterocycles. The van der Waals surface area contributed by atoms with Gasteiger partial charge in [-0.15, -0.1) is 11.3 Å². The number of aliphatic hydroxyl groups is 1. The lowest BCUT2D eigenvalue weighted by Gasteiger charge is -2.43. The van der Waals surface area contributed by atoms with Gasteiger partial charge in [-0.05, 0) is 81.2 Å². The molecular weight excluding hydrogens is 486 g/mol. The van der Waals surface area contributed by atoms with E-state index in [1.807, 2.05) is 11.9 Å². The molecule has 0 radical (unpaired) electrons. The van der Waals surface area contributed by atoms with Crippen molar-refractivity contribution in [2.75, 3.05) is 53.6 Å². The van der Waals surface area contributed by atoms with Gasteiger partial charge in [0, 0.05) is 68.8 Å². The van der Waals surface area contributed by atoms with Crippen molar-refractivity contribution >= 4 is 27.5 Å². The molecular formula is C29H45N3O4S. The quantitative estimate of drug-likeness (QED) is 0.345. The summed E-state index contributed by atoms with van der Waals surface area (Å²) in [7, 11) is 3.66. The van der Waals surface area contributed by atoms with E-state index >= 15 is 0 Å². The molecule has 7 nitrogen and oxygen atoms in total. The number of carbonyl (C=O) groups excluding carboxylic acids is 1. The molecule has 2 aromatic rings. The molecule has 2 aliphatic heterocycles. The number of amides is 2. The number of ether oxygens (including phenoxy) is 2. The number of likely N-dealkylation sites (N-methyl/N-ethyl adjacent to an activating group) is 1. The molecule has 0 bridgehead atoms. The Morgan fingerprint density at radius 1 is 1.27 bits per heavy atom. The van der Waals surface area contributed by atoms with Gasteiger partial charge in [-0.3, -0.25) is 0 Å². The molecule has 2 saturated heterocycles. The number of rotatable bonds is 12. The molecule has 1 aromatic carbocycles. The third-order valence-electron chi connectivity index (χ3n) is 8.22. The van der Waals surface area contributed by atoms with Gasteiger partial charge >= 0.3 is 6.03 Å². The first-order valence-electron chi connectivity index (χ1n) is 14.0. The number of thiophene rings is 1. The van der Waals surface area contributed by atoms with E-state index in [0.29, 0.717) is 25.5 Å². The van der Waals surface area contributed by atoms with Gasteiger partial charge in [-0.25, -0.2) is 4.79 Å². The first-order chi connectivity index (χ1) is 18.0. The van der Waals surface area contributed by atoms with E-state index in [4.69, 9.17) is 9.47 Å². The number of fused-ring (bicyclic) bond motifs is 1. The highest BCUT2D eigenvalue weighted by molar-refractivity contribution is 7.17. The highest BCUT2D eigenvalue weighted by atomic mass is 32.1. The van der Waals surface area contributed by atoms with E-state index in [1.165, 1.54) is 5.39 Å². The summed E-state index contributed by atoms with van der Waals surface area (Å²) in [5.74, 6) is 0.575. The zero-order chi connectivity index (χ0) is 26.1. The minimum absolute atomic E-state index is 0.00641. The number of nitrogens with one attached hydrogen (secondary N) is 2. The van der Waals surface area contributed by atoms with Crippen LogP contribution >= 0.6 is 11.3 Å². The summed E-state index contributed by atoms with van der Waals surface area (Å²) >= 11 is 1.69. The Morgan fingerprint density at radius 3 is 2.89 bits per heavy atom. The molecule has 0 saturated carbocycles. The topological polar surface area (TPSA) is 83.1 Å². The largest absolute Gasteiger partial charge is 0.385 e. The summed E-state index contributed by atoms with van der Waals surface area (Å²) in [6, 6.07) is 8.46. The smallest absolute Gasteiger partial charge is 0.317 e. The van der Waals surface area contributed by atoms with Crippen LogP contribution in [0.5, 0.6) is 0 Å². The fourth-order valence-electron chi connectivity index (χ4n) is 6.18. The van der Waals surface area contributed by atoms with Gasteiger partial charge in [0.25, 0.3) is 0 Å². The second-order valence-electron chi connectivity index (χ2n) is 10.8. The van der Waals surface area contributed by atoms with Crippen LogP contribution < -0.4 is 10.6 Å². The van der Waals surface area contributed by atoms with Crippen molar-refractivity contribution in [3.05, 3.63) is 35.2 Å². The first kappa shape index (κ1) is 28.3. The highest BCUT2D eigenvalue weighted by Crippen LogP contribution is 2.43. The number of hydrogen-bond donors (Lipinski definition) is 3. The van der Waals surface area contributed by atoms with E-state index in [9.17, 15) is 9.90 Å². The zero-order valence-electron chi connectivity index (χ0n) is 22.5. The number of nitrogens with zero attached hydrogens (tertiary/aromatic N) is 1. The van der Waals surface area contributed by atoms with Gasteiger partial charge in [-0.2, -0.15) is 0 Å². The van der Waals surface area contributed by atoms with Crippen LogP contribution in [0.2, 0.25) is 0 Å². The molecule has 3 atom stereocenters. The molecule has 1 aromatic heterocycles. The standard InChI is InChI=1S/C29H45N3O4S/c1-30-20-25(19-22-10-16-36-17-11-22)31-28(33)32-14-6-8-24(21-32)29(34,13-3-4-15-35-2)26-9-5-7-23-12-18-37-27(23)26/h5,7,9,12,18,22,24-25,30,34H,3-4,6,8,10-11,13-17,19-21H2,1-2H3,(H,31,33)/t24-,25+,29+/m1/s1. The lowest BCUT2D eigenvalue weighted by molar-refractivity contribution is -0.0551. The second-order valence-corrected chi connectivity index (χ2v) is 11.7. The van der Waals surface area contributed by atoms with Crippen molar-refractivity contribution in [2.24, 2.45) is 11.8 Å². The van der Waals surface area contributed by atoms with Gasteiger partial charge in [-0.1, -0.05) is 18.2 Å². The van der Waals surface area contributed by atoms with Crippen molar-refractivity contribution in [1.82, 2.24) is 15.5 Å². The Hall–Kier alpha value is -1.71. The molecule has 0 unspecified atom stereocenters. The number of piperidine rings is 1. The van der Waals surface area contributed by atoms with Crippen LogP contribution in [-0.2, 0) is 15.1 Å². The molecule has 37 heavy (non-hydrogen) atoms. The number of hydrogen-bond acceptors (Lipinski definition) is 6. The predicted molar refractivity (Wildman–Crippen MR) is 150 cm³/mol. The molecule has 2 amide bonds. The molecule has 2 fully saturated rings. The lowest BCUT2D eigenvalue weighted by Crippen LogP contribution is -2.54. The highest BCUT2D eigenvalue weighted by Gasteiger charge is 2.42. The minimum Gasteiger partial charge on any atom is -0.385 e. The van der Waals surface area contributed by atoms with Crippen molar-refractivity contribution in [1.29, 1.82) is 0 Å². The summed E-state index contributed by atoms with van der Waals surface area (Å²) in [5, 5.41) is 22.2. The van der Waals surface area contributed by atoms with Crippen LogP contribution in [0.4, 0.5) is 4.79 Å². The van der Waals surface area contributed by atoms with E-state index in [0.717, 1.165) is 81.5 Å². The fourth-order valence-corrected chi connectivity index (χ4v) is 7.17. The molecule has 0 aliphatic carbocycles. The van der Waals surface area contributed by atoms with Crippen LogP contribution in [0.25, 0.3) is 10.1 Å². The van der Waals surface area contributed by atoms with Crippen LogP contribution in [0, 0.1) is 11.8 Å². The van der Waals surface area contributed by atoms with Gasteiger partial charge in [0.15, 0.2) is 0 Å². The van der Waals surface area contributed by atoms with Crippen LogP contribution in [0.3, 0.4) is 0 Å². The van der Waals surface area contributed by atoms with E-state index in [1.54, 1.807) is 18.4 Å². The van der Waals surface area contributed by atoms with Crippen molar-refractivity contribution < 1.29 is 19.4 Å². The van der Waals surface area contributed by atoms with Crippen LogP contribution in [-0.4, -0.2) is 75.7 Å². The average Bonchev–Trinajstić information content (AvgIpc) is 3.41. The van der Waals surface area contributed by atoms with Gasteiger partial charge in [0.05, 0.1) is 5.60 Å². The first-order valence-corrected chi connectivity index (χ1v) is 14.9. The third-order valence-corrected chi connectivity index (χ3v) is 9.19. The maximum absolute atomic E-state index is 13.5. The lowest BCUT2D eigenvalue weighted by atomic mass is 9.74. The Balaban J connectivity index is 1.48. The van der Waals surface area contributed by atoms with E-state index in [-0.39, 0.29) is 18.0 Å². The maximum atomic E-state index is 13.5. The van der Waals surface area contributed by atoms with E-state index in [2.05, 4.69) is 40.3 Å². The summed E-state index contributed by atoms with van der Waals surface area (Å²) in [6.45, 7) is 4.38. The Morgan fingerprint density at radius 2 is 2.11 bits per heavy atom. The normalized spacial score (nSPS) is 21.6. The van der Waals surface area contributed by atoms with Crippen LogP contribution in [0.1, 0.15) is 56.9 Å². The minimum atomic E-state index is -0.983. The van der Waals surface area contributed by atoms with Crippen LogP contribution in [0.15, 0.2) is 29.6 Å². The summed E-state index contributed by atoms with van der Waals surface area (Å²) in [4.78, 5) is 15.4. The monoisotopic (exact) mass is 531 g/mol. The average molecular weight is 532 g/mol. The molecule has 0 spiro atoms. The van der Waals surface area contributed by atoms with Crippen molar-refractivity contribution in [3.8, 4) is 0 Å². The zero-order valence-corrected chi connectivity index (χ0v) is 23.4. The molecule has 3 N–H and O–H groups in total. The molecule has 206 valence electrons. The summed E-state index contributed by atoms with van der Waals surface area (Å²) < 4.78 is 11.9. The molecule has 4 rings (SSSR count). The summed E-state index contributed by atoms with van der Waals surface area (Å²) in [6.07, 6.45) is 7.36. The fraction of sp³-hybridized carbons (Fsp3) is 0.690. The SMILES string of the molecule is CNC[C@H](CC1CCOCC1)NC(=O)N1CCC[C@@H]([C@@](O)(CCCCOC)c2cccc3ccsc23)C1.